The fourth-order valence-electron chi connectivity index (χ4n) is 1.48. The maximum atomic E-state index is 8.75. The first kappa shape index (κ1) is 10.9. The number of hydrogen-bond acceptors (Lipinski definition) is 5. The second kappa shape index (κ2) is 4.90. The van der Waals surface area contributed by atoms with E-state index in [4.69, 9.17) is 16.3 Å². The monoisotopic (exact) mass is 208 g/mol. The summed E-state index contributed by atoms with van der Waals surface area (Å²) in [7, 11) is 0. The van der Waals surface area contributed by atoms with Crippen molar-refractivity contribution in [3.63, 3.8) is 0 Å². The summed E-state index contributed by atoms with van der Waals surface area (Å²) in [6.07, 6.45) is 2.79. The van der Waals surface area contributed by atoms with E-state index >= 15 is 0 Å². The van der Waals surface area contributed by atoms with Gasteiger partial charge in [-0.2, -0.15) is 10.5 Å². The van der Waals surface area contributed by atoms with Gasteiger partial charge in [0.25, 0.3) is 0 Å². The summed E-state index contributed by atoms with van der Waals surface area (Å²) in [5, 5.41) is 18.3. The van der Waals surface area contributed by atoms with E-state index in [0.29, 0.717) is 0 Å². The summed E-state index contributed by atoms with van der Waals surface area (Å²) in [6, 6.07) is 3.98. The topological polar surface area (TPSA) is 76.8 Å². The van der Waals surface area contributed by atoms with Crippen LogP contribution in [-0.4, -0.2) is 30.3 Å². The van der Waals surface area contributed by atoms with Crippen LogP contribution in [0, 0.1) is 22.7 Å². The molecule has 1 aliphatic heterocycles. The number of rotatable bonds is 2. The molecular weight excluding hydrogens is 196 g/mol. The van der Waals surface area contributed by atoms with Gasteiger partial charge in [-0.15, -0.1) is 11.8 Å². The van der Waals surface area contributed by atoms with Crippen LogP contribution in [0.2, 0.25) is 0 Å². The van der Waals surface area contributed by atoms with Gasteiger partial charge in [0.05, 0.1) is 5.03 Å². The first-order valence-corrected chi connectivity index (χ1v) is 5.54. The Labute approximate surface area is 88.0 Å². The molecule has 1 fully saturated rings. The van der Waals surface area contributed by atoms with Crippen LogP contribution in [0.4, 0.5) is 0 Å². The molecule has 74 valence electrons. The van der Waals surface area contributed by atoms with Crippen molar-refractivity contribution >= 4 is 11.8 Å². The third kappa shape index (κ3) is 2.20. The first-order chi connectivity index (χ1) is 6.72. The minimum absolute atomic E-state index is 0.163. The molecule has 1 unspecified atom stereocenters. The van der Waals surface area contributed by atoms with Gasteiger partial charge in [-0.05, 0) is 12.7 Å². The van der Waals surface area contributed by atoms with Crippen molar-refractivity contribution in [3.05, 3.63) is 10.6 Å². The molecule has 0 spiro atoms. The van der Waals surface area contributed by atoms with Gasteiger partial charge in [-0.3, -0.25) is 0 Å². The van der Waals surface area contributed by atoms with E-state index in [2.05, 4.69) is 0 Å². The lowest BCUT2D eigenvalue weighted by molar-refractivity contribution is 0.448. The Balaban J connectivity index is 2.88. The molecule has 4 nitrogen and oxygen atoms in total. The van der Waals surface area contributed by atoms with E-state index in [0.717, 1.165) is 24.5 Å². The molecule has 0 amide bonds. The number of nitriles is 2. The Hall–Kier alpha value is -1.17. The molecular formula is C9H12N4S. The number of allylic oxidation sites excluding steroid dienone is 1. The quantitative estimate of drug-likeness (QED) is 0.674. The number of hydrogen-bond donors (Lipinski definition) is 1. The zero-order valence-corrected chi connectivity index (χ0v) is 8.84. The molecule has 1 saturated heterocycles. The zero-order chi connectivity index (χ0) is 10.6. The smallest absolute Gasteiger partial charge is 0.159 e. The van der Waals surface area contributed by atoms with Gasteiger partial charge >= 0.3 is 0 Å². The van der Waals surface area contributed by atoms with Gasteiger partial charge in [-0.1, -0.05) is 0 Å². The van der Waals surface area contributed by atoms with Gasteiger partial charge in [0.1, 0.15) is 12.1 Å². The maximum absolute atomic E-state index is 8.75. The Morgan fingerprint density at radius 2 is 2.14 bits per heavy atom. The van der Waals surface area contributed by atoms with Crippen LogP contribution in [0.5, 0.6) is 0 Å². The molecule has 0 aromatic heterocycles. The summed E-state index contributed by atoms with van der Waals surface area (Å²) in [6.45, 7) is 1.58. The predicted octanol–water partition coefficient (Wildman–Crippen LogP) is 0.641. The van der Waals surface area contributed by atoms with E-state index in [1.807, 2.05) is 23.3 Å². The van der Waals surface area contributed by atoms with Crippen molar-refractivity contribution in [3.8, 4) is 12.1 Å². The normalized spacial score (nSPS) is 20.0. The molecule has 5 heteroatoms. The first-order valence-electron chi connectivity index (χ1n) is 4.32. The average Bonchev–Trinajstić information content (AvgIpc) is 2.60. The summed E-state index contributed by atoms with van der Waals surface area (Å²) >= 11 is 1.43. The summed E-state index contributed by atoms with van der Waals surface area (Å²) in [4.78, 5) is 2.01. The SMILES string of the molecule is CSC(=C(C#N)C#N)N1CCC(N)C1. The van der Waals surface area contributed by atoms with Crippen LogP contribution in [-0.2, 0) is 0 Å². The second-order valence-corrected chi connectivity index (χ2v) is 3.90. The van der Waals surface area contributed by atoms with Crippen molar-refractivity contribution < 1.29 is 0 Å². The molecule has 0 bridgehead atoms. The molecule has 1 heterocycles. The van der Waals surface area contributed by atoms with Crippen LogP contribution >= 0.6 is 11.8 Å². The van der Waals surface area contributed by atoms with Crippen LogP contribution in [0.15, 0.2) is 10.6 Å². The number of thioether (sulfide) groups is 1. The molecule has 0 saturated carbocycles. The summed E-state index contributed by atoms with van der Waals surface area (Å²) in [5.74, 6) is 0. The third-order valence-electron chi connectivity index (χ3n) is 2.14. The van der Waals surface area contributed by atoms with E-state index in [1.54, 1.807) is 0 Å². The fourth-order valence-corrected chi connectivity index (χ4v) is 2.20. The standard InChI is InChI=1S/C9H12N4S/c1-14-9(7(4-10)5-11)13-3-2-8(12)6-13/h8H,2-3,6,12H2,1H3. The highest BCUT2D eigenvalue weighted by Gasteiger charge is 2.23. The van der Waals surface area contributed by atoms with Gasteiger partial charge in [0.15, 0.2) is 5.57 Å². The van der Waals surface area contributed by atoms with Crippen molar-refractivity contribution in [2.45, 2.75) is 12.5 Å². The largest absolute Gasteiger partial charge is 0.363 e. The Morgan fingerprint density at radius 1 is 1.50 bits per heavy atom. The van der Waals surface area contributed by atoms with Crippen molar-refractivity contribution in [2.24, 2.45) is 5.73 Å². The number of nitrogens with zero attached hydrogens (tertiary/aromatic N) is 3. The van der Waals surface area contributed by atoms with Gasteiger partial charge in [-0.25, -0.2) is 0 Å². The lowest BCUT2D eigenvalue weighted by Gasteiger charge is -2.19. The molecule has 0 radical (unpaired) electrons. The van der Waals surface area contributed by atoms with Crippen LogP contribution in [0.1, 0.15) is 6.42 Å². The van der Waals surface area contributed by atoms with E-state index in [9.17, 15) is 0 Å². The second-order valence-electron chi connectivity index (χ2n) is 3.10. The highest BCUT2D eigenvalue weighted by atomic mass is 32.2. The molecule has 14 heavy (non-hydrogen) atoms. The van der Waals surface area contributed by atoms with Gasteiger partial charge in [0, 0.05) is 19.1 Å². The Bertz CT molecular complexity index is 307. The molecule has 2 N–H and O–H groups in total. The summed E-state index contributed by atoms with van der Waals surface area (Å²) in [5.41, 5.74) is 5.95. The van der Waals surface area contributed by atoms with E-state index in [-0.39, 0.29) is 11.6 Å². The van der Waals surface area contributed by atoms with E-state index < -0.39 is 0 Å². The third-order valence-corrected chi connectivity index (χ3v) is 2.99. The van der Waals surface area contributed by atoms with Crippen LogP contribution < -0.4 is 5.73 Å². The molecule has 0 aromatic rings. The molecule has 1 rings (SSSR count). The zero-order valence-electron chi connectivity index (χ0n) is 8.03. The van der Waals surface area contributed by atoms with Crippen LogP contribution in [0.3, 0.4) is 0 Å². The predicted molar refractivity (Wildman–Crippen MR) is 55.9 cm³/mol. The minimum atomic E-state index is 0.163. The minimum Gasteiger partial charge on any atom is -0.363 e. The molecule has 0 aromatic carbocycles. The van der Waals surface area contributed by atoms with Gasteiger partial charge in [0.2, 0.25) is 0 Å². The van der Waals surface area contributed by atoms with Crippen LogP contribution in [0.25, 0.3) is 0 Å². The van der Waals surface area contributed by atoms with Crippen molar-refractivity contribution in [1.82, 2.24) is 4.90 Å². The lowest BCUT2D eigenvalue weighted by atomic mass is 10.3. The lowest BCUT2D eigenvalue weighted by Crippen LogP contribution is -2.25. The molecule has 1 aliphatic rings. The Morgan fingerprint density at radius 3 is 2.50 bits per heavy atom. The molecule has 0 aliphatic carbocycles. The Kier molecular flexibility index (Phi) is 3.82. The highest BCUT2D eigenvalue weighted by molar-refractivity contribution is 8.02. The highest BCUT2D eigenvalue weighted by Crippen LogP contribution is 2.25. The summed E-state index contributed by atoms with van der Waals surface area (Å²) < 4.78 is 0. The number of nitrogens with two attached hydrogens (primary N) is 1. The molecule has 1 atom stereocenters. The van der Waals surface area contributed by atoms with Gasteiger partial charge < -0.3 is 10.6 Å². The maximum Gasteiger partial charge on any atom is 0.159 e. The number of likely N-dealkylation sites (tertiary alicyclic amines) is 1. The average molecular weight is 208 g/mol. The van der Waals surface area contributed by atoms with Crippen molar-refractivity contribution in [1.29, 1.82) is 10.5 Å². The fraction of sp³-hybridized carbons (Fsp3) is 0.556. The van der Waals surface area contributed by atoms with Crippen molar-refractivity contribution in [2.75, 3.05) is 19.3 Å². The van der Waals surface area contributed by atoms with E-state index in [1.165, 1.54) is 11.8 Å².